The van der Waals surface area contributed by atoms with Crippen LogP contribution >= 0.6 is 0 Å². The smallest absolute Gasteiger partial charge is 0.245 e. The molecule has 1 fully saturated rings. The van der Waals surface area contributed by atoms with E-state index in [2.05, 4.69) is 26.6 Å². The minimum Gasteiger partial charge on any atom is -0.393 e. The van der Waals surface area contributed by atoms with Crippen LogP contribution in [0.3, 0.4) is 0 Å². The highest BCUT2D eigenvalue weighted by molar-refractivity contribution is 5.97. The summed E-state index contributed by atoms with van der Waals surface area (Å²) in [6.07, 6.45) is -0.946. The number of carbonyl (C=O) groups excluding carboxylic acids is 10. The van der Waals surface area contributed by atoms with Crippen LogP contribution in [0.5, 0.6) is 0 Å². The number of nitrogens with zero attached hydrogens (tertiary/aromatic N) is 3. The molecule has 4 rings (SSSR count). The lowest BCUT2D eigenvalue weighted by Gasteiger charge is -2.31. The summed E-state index contributed by atoms with van der Waals surface area (Å²) in [7, 11) is 4.55. The van der Waals surface area contributed by atoms with E-state index in [0.29, 0.717) is 18.4 Å². The monoisotopic (exact) mass is 1160 g/mol. The van der Waals surface area contributed by atoms with Crippen molar-refractivity contribution in [1.29, 1.82) is 0 Å². The van der Waals surface area contributed by atoms with E-state index in [1.807, 2.05) is 102 Å². The van der Waals surface area contributed by atoms with Gasteiger partial charge in [0.15, 0.2) is 11.6 Å². The Balaban J connectivity index is 1.77. The van der Waals surface area contributed by atoms with Crippen LogP contribution in [-0.4, -0.2) is 162 Å². The van der Waals surface area contributed by atoms with Crippen molar-refractivity contribution in [2.45, 2.75) is 162 Å². The summed E-state index contributed by atoms with van der Waals surface area (Å²) in [6.45, 7) is 15.3. The zero-order chi connectivity index (χ0) is 62.4. The average molecular weight is 1160 g/mol. The van der Waals surface area contributed by atoms with E-state index in [1.54, 1.807) is 49.2 Å². The number of Topliss-reactive ketones (excluding diaryl/α,β-unsaturated/α-hetero) is 3. The molecule has 0 bridgehead atoms. The van der Waals surface area contributed by atoms with Crippen LogP contribution in [0, 0.1) is 35.5 Å². The molecule has 0 saturated carbocycles. The first kappa shape index (κ1) is 69.4. The lowest BCUT2D eigenvalue weighted by Crippen LogP contribution is -2.57. The normalized spacial score (nSPS) is 25.3. The Morgan fingerprint density at radius 1 is 0.512 bits per heavy atom. The van der Waals surface area contributed by atoms with Crippen molar-refractivity contribution in [2.75, 3.05) is 40.8 Å². The minimum absolute atomic E-state index is 0.00995. The third-order valence-corrected chi connectivity index (χ3v) is 15.5. The molecule has 0 radical (unpaired) electrons. The van der Waals surface area contributed by atoms with Crippen molar-refractivity contribution in [3.63, 3.8) is 0 Å². The Morgan fingerprint density at radius 3 is 1.56 bits per heavy atom. The van der Waals surface area contributed by atoms with Gasteiger partial charge in [-0.05, 0) is 87.9 Å². The summed E-state index contributed by atoms with van der Waals surface area (Å²) in [5.74, 6) is -8.39. The third-order valence-electron chi connectivity index (χ3n) is 15.5. The molecular formula is C65H94N8O11. The van der Waals surface area contributed by atoms with Gasteiger partial charge in [-0.15, -0.1) is 0 Å². The van der Waals surface area contributed by atoms with Gasteiger partial charge in [-0.3, -0.25) is 52.8 Å². The first-order chi connectivity index (χ1) is 39.6. The standard InChI is InChI=1S/C65H94N8O11/c1-40(2)28-50-38-71(10)39-58(77)49(31-46-22-16-13-17-23-46)34-57(76)44(8)72(11)65(84)43(7)67-64(83)56(33-48-26-20-15-21-27-48)73(12)59(78)37-66-61(80)53(45(9)74)36-52(75)35-51(29-41(3)4)68-62(81)54(30-42(5)6)70-63(82)55(69-60(50)79)32-47-24-18-14-19-25-47/h13-27,40-45,49-51,53-56,74H,28-39H2,1-12H3,(H,66,80)(H,67,83)(H,68,81)(H,69,79)(H,70,82)/t43-,44+,45+,49+,50+,51-,53-,54-,55-,56-/m0/s1. The Labute approximate surface area is 497 Å². The molecule has 84 heavy (non-hydrogen) atoms. The van der Waals surface area contributed by atoms with Crippen LogP contribution in [0.4, 0.5) is 0 Å². The van der Waals surface area contributed by atoms with Crippen molar-refractivity contribution in [2.24, 2.45) is 35.5 Å². The number of rotatable bonds is 13. The van der Waals surface area contributed by atoms with E-state index in [9.17, 15) is 53.1 Å². The molecule has 460 valence electrons. The Kier molecular flexibility index (Phi) is 28.1. The molecule has 0 unspecified atom stereocenters. The molecule has 1 aliphatic rings. The summed E-state index contributed by atoms with van der Waals surface area (Å²) in [5, 5.41) is 25.1. The molecule has 0 spiro atoms. The zero-order valence-electron chi connectivity index (χ0n) is 51.5. The first-order valence-electron chi connectivity index (χ1n) is 29.7. The highest BCUT2D eigenvalue weighted by Crippen LogP contribution is 2.22. The fourth-order valence-corrected chi connectivity index (χ4v) is 10.7. The summed E-state index contributed by atoms with van der Waals surface area (Å²) < 4.78 is 0. The van der Waals surface area contributed by atoms with Crippen LogP contribution in [-0.2, 0) is 67.2 Å². The molecule has 0 aromatic heterocycles. The molecule has 19 heteroatoms. The quantitative estimate of drug-likeness (QED) is 0.137. The number of likely N-dealkylation sites (N-methyl/N-ethyl adjacent to an activating group) is 3. The van der Waals surface area contributed by atoms with E-state index in [4.69, 9.17) is 0 Å². The van der Waals surface area contributed by atoms with Crippen LogP contribution < -0.4 is 26.6 Å². The van der Waals surface area contributed by atoms with Gasteiger partial charge in [0.1, 0.15) is 30.0 Å². The number of ketones is 3. The Morgan fingerprint density at radius 2 is 1.02 bits per heavy atom. The van der Waals surface area contributed by atoms with Crippen molar-refractivity contribution in [3.8, 4) is 0 Å². The van der Waals surface area contributed by atoms with Gasteiger partial charge in [0.05, 0.1) is 37.1 Å². The lowest BCUT2D eigenvalue weighted by atomic mass is 9.88. The maximum atomic E-state index is 14.6. The van der Waals surface area contributed by atoms with Crippen LogP contribution in [0.25, 0.3) is 0 Å². The van der Waals surface area contributed by atoms with Gasteiger partial charge in [-0.25, -0.2) is 0 Å². The summed E-state index contributed by atoms with van der Waals surface area (Å²) >= 11 is 0. The number of benzene rings is 3. The Bertz CT molecular complexity index is 2670. The van der Waals surface area contributed by atoms with E-state index >= 15 is 0 Å². The highest BCUT2D eigenvalue weighted by atomic mass is 16.3. The molecule has 6 N–H and O–H groups in total. The number of hydrogen-bond donors (Lipinski definition) is 6. The van der Waals surface area contributed by atoms with E-state index < -0.39 is 126 Å². The topological polar surface area (TPSA) is 261 Å². The third kappa shape index (κ3) is 22.8. The fourth-order valence-electron chi connectivity index (χ4n) is 10.7. The number of nitrogens with one attached hydrogen (secondary N) is 5. The van der Waals surface area contributed by atoms with Gasteiger partial charge in [0, 0.05) is 64.7 Å². The van der Waals surface area contributed by atoms with Crippen LogP contribution in [0.15, 0.2) is 91.0 Å². The largest absolute Gasteiger partial charge is 0.393 e. The Hall–Kier alpha value is -7.12. The molecule has 10 atom stereocenters. The SMILES string of the molecule is CC(C)C[C@H]1CC(=O)C[C@@H]([C@@H](C)O)C(=O)NCC(=O)N(C)[C@@H](Cc2ccccc2)C(=O)N[C@@H](C)C(=O)N(C)[C@H](C)C(=O)C[C@@H](Cc2ccccc2)C(=O)CN(C)C[C@@H](CC(C)C)C(=O)N[C@@H](Cc2ccccc2)C(=O)N[C@@H](CC(C)C)C(=O)N1. The molecule has 3 aromatic rings. The van der Waals surface area contributed by atoms with Crippen molar-refractivity contribution >= 4 is 58.7 Å². The number of aliphatic hydroxyl groups excluding tert-OH is 1. The molecule has 1 saturated heterocycles. The van der Waals surface area contributed by atoms with Crippen LogP contribution in [0.1, 0.15) is 118 Å². The number of aliphatic hydroxyl groups is 1. The van der Waals surface area contributed by atoms with Gasteiger partial charge < -0.3 is 41.5 Å². The maximum absolute atomic E-state index is 14.6. The lowest BCUT2D eigenvalue weighted by molar-refractivity contribution is -0.143. The van der Waals surface area contributed by atoms with Gasteiger partial charge in [-0.2, -0.15) is 0 Å². The van der Waals surface area contributed by atoms with Crippen LogP contribution in [0.2, 0.25) is 0 Å². The number of carbonyl (C=O) groups is 10. The van der Waals surface area contributed by atoms with Crippen molar-refractivity contribution < 1.29 is 53.1 Å². The molecule has 0 aliphatic carbocycles. The molecule has 19 nitrogen and oxygen atoms in total. The van der Waals surface area contributed by atoms with E-state index in [1.165, 1.54) is 32.8 Å². The average Bonchev–Trinajstić information content (AvgIpc) is 3.59. The molecule has 7 amide bonds. The van der Waals surface area contributed by atoms with Gasteiger partial charge in [-0.1, -0.05) is 133 Å². The second-order valence-corrected chi connectivity index (χ2v) is 24.4. The predicted molar refractivity (Wildman–Crippen MR) is 323 cm³/mol. The zero-order valence-corrected chi connectivity index (χ0v) is 51.5. The van der Waals surface area contributed by atoms with E-state index in [0.717, 1.165) is 16.0 Å². The molecule has 3 aromatic carbocycles. The molecular weight excluding hydrogens is 1070 g/mol. The second kappa shape index (κ2) is 34.0. The fraction of sp³-hybridized carbons (Fsp3) is 0.569. The van der Waals surface area contributed by atoms with Crippen molar-refractivity contribution in [1.82, 2.24) is 41.3 Å². The van der Waals surface area contributed by atoms with Gasteiger partial charge >= 0.3 is 0 Å². The number of hydrogen-bond acceptors (Lipinski definition) is 12. The maximum Gasteiger partial charge on any atom is 0.245 e. The minimum atomic E-state index is -1.34. The second-order valence-electron chi connectivity index (χ2n) is 24.4. The highest BCUT2D eigenvalue weighted by Gasteiger charge is 2.37. The van der Waals surface area contributed by atoms with Gasteiger partial charge in [0.25, 0.3) is 0 Å². The number of amides is 7. The van der Waals surface area contributed by atoms with Gasteiger partial charge in [0.2, 0.25) is 41.4 Å². The molecule has 1 aliphatic heterocycles. The van der Waals surface area contributed by atoms with E-state index in [-0.39, 0.29) is 75.2 Å². The molecule has 1 heterocycles. The summed E-state index contributed by atoms with van der Waals surface area (Å²) in [6, 6.07) is 20.9. The summed E-state index contributed by atoms with van der Waals surface area (Å²) in [4.78, 5) is 147. The predicted octanol–water partition coefficient (Wildman–Crippen LogP) is 4.65. The first-order valence-corrected chi connectivity index (χ1v) is 29.7. The van der Waals surface area contributed by atoms with Crippen molar-refractivity contribution in [3.05, 3.63) is 108 Å². The summed E-state index contributed by atoms with van der Waals surface area (Å²) in [5.41, 5.74) is 2.26.